The third-order valence-corrected chi connectivity index (χ3v) is 6.29. The molecule has 0 aliphatic carbocycles. The molecule has 2 heterocycles. The fourth-order valence-corrected chi connectivity index (χ4v) is 4.01. The molecule has 0 aliphatic heterocycles. The van der Waals surface area contributed by atoms with Crippen LogP contribution in [-0.2, 0) is 11.3 Å². The summed E-state index contributed by atoms with van der Waals surface area (Å²) in [5.74, 6) is -0.0176. The molecule has 0 saturated carbocycles. The largest absolute Gasteiger partial charge is 0.351 e. The van der Waals surface area contributed by atoms with E-state index in [1.807, 2.05) is 50.2 Å². The topological polar surface area (TPSA) is 81.3 Å². The van der Waals surface area contributed by atoms with Crippen molar-refractivity contribution in [3.63, 3.8) is 0 Å². The second kappa shape index (κ2) is 8.95. The molecule has 0 radical (unpaired) electrons. The summed E-state index contributed by atoms with van der Waals surface area (Å²) < 4.78 is 3.15. The molecule has 1 amide bonds. The van der Waals surface area contributed by atoms with E-state index in [1.54, 1.807) is 27.4 Å². The number of hydrogen-bond donors (Lipinski definition) is 1. The number of aryl methyl sites for hydroxylation is 2. The SMILES string of the molecule is Cc1ccc(-n2ccn3c(SCC(=O)NCc4ccccc4Cl)nnc3c2=O)cc1C. The molecule has 2 aromatic heterocycles. The minimum atomic E-state index is -0.270. The number of benzene rings is 2. The first-order valence-corrected chi connectivity index (χ1v) is 11.0. The van der Waals surface area contributed by atoms with Gasteiger partial charge in [-0.25, -0.2) is 0 Å². The van der Waals surface area contributed by atoms with Gasteiger partial charge in [-0.2, -0.15) is 0 Å². The Balaban J connectivity index is 1.47. The summed E-state index contributed by atoms with van der Waals surface area (Å²) in [7, 11) is 0. The molecule has 1 N–H and O–H groups in total. The minimum absolute atomic E-state index is 0.144. The van der Waals surface area contributed by atoms with E-state index in [-0.39, 0.29) is 22.9 Å². The predicted octanol–water partition coefficient (Wildman–Crippen LogP) is 3.56. The zero-order valence-electron chi connectivity index (χ0n) is 17.0. The first-order chi connectivity index (χ1) is 14.9. The van der Waals surface area contributed by atoms with Gasteiger partial charge < -0.3 is 5.32 Å². The second-order valence-electron chi connectivity index (χ2n) is 7.07. The van der Waals surface area contributed by atoms with Crippen molar-refractivity contribution in [2.24, 2.45) is 0 Å². The average Bonchev–Trinajstić information content (AvgIpc) is 3.18. The number of carbonyl (C=O) groups is 1. The van der Waals surface area contributed by atoms with Gasteiger partial charge in [0.1, 0.15) is 0 Å². The lowest BCUT2D eigenvalue weighted by atomic mass is 10.1. The highest BCUT2D eigenvalue weighted by atomic mass is 35.5. The van der Waals surface area contributed by atoms with Gasteiger partial charge in [0.2, 0.25) is 11.6 Å². The smallest absolute Gasteiger partial charge is 0.300 e. The first-order valence-electron chi connectivity index (χ1n) is 9.61. The number of nitrogens with one attached hydrogen (secondary N) is 1. The molecular weight excluding hydrogens is 434 g/mol. The van der Waals surface area contributed by atoms with Gasteiger partial charge in [-0.05, 0) is 48.7 Å². The van der Waals surface area contributed by atoms with Crippen LogP contribution < -0.4 is 10.9 Å². The van der Waals surface area contributed by atoms with Gasteiger partial charge in [0.15, 0.2) is 5.16 Å². The lowest BCUT2D eigenvalue weighted by molar-refractivity contribution is -0.118. The molecule has 31 heavy (non-hydrogen) atoms. The number of halogens is 1. The fourth-order valence-electron chi connectivity index (χ4n) is 3.06. The van der Waals surface area contributed by atoms with Crippen LogP contribution in [0.5, 0.6) is 0 Å². The van der Waals surface area contributed by atoms with Crippen molar-refractivity contribution >= 4 is 34.9 Å². The molecule has 9 heteroatoms. The molecule has 7 nitrogen and oxygen atoms in total. The van der Waals surface area contributed by atoms with Crippen LogP contribution in [-0.4, -0.2) is 30.8 Å². The molecule has 0 aliphatic rings. The third kappa shape index (κ3) is 4.50. The van der Waals surface area contributed by atoms with Crippen molar-refractivity contribution in [2.45, 2.75) is 25.5 Å². The zero-order valence-corrected chi connectivity index (χ0v) is 18.6. The van der Waals surface area contributed by atoms with E-state index in [4.69, 9.17) is 11.6 Å². The Morgan fingerprint density at radius 1 is 1.10 bits per heavy atom. The molecule has 0 fully saturated rings. The standard InChI is InChI=1S/C22H20ClN5O2S/c1-14-7-8-17(11-15(14)2)27-9-10-28-20(21(27)30)25-26-22(28)31-13-19(29)24-12-16-5-3-4-6-18(16)23/h3-11H,12-13H2,1-2H3,(H,24,29). The van der Waals surface area contributed by atoms with Gasteiger partial charge in [-0.3, -0.25) is 18.6 Å². The summed E-state index contributed by atoms with van der Waals surface area (Å²) >= 11 is 7.32. The van der Waals surface area contributed by atoms with E-state index in [2.05, 4.69) is 15.5 Å². The summed E-state index contributed by atoms with van der Waals surface area (Å²) in [5, 5.41) is 12.0. The highest BCUT2D eigenvalue weighted by molar-refractivity contribution is 7.99. The maximum absolute atomic E-state index is 12.9. The van der Waals surface area contributed by atoms with E-state index in [0.29, 0.717) is 16.7 Å². The Bertz CT molecular complexity index is 1330. The van der Waals surface area contributed by atoms with Crippen molar-refractivity contribution in [2.75, 3.05) is 5.75 Å². The van der Waals surface area contributed by atoms with Gasteiger partial charge in [-0.1, -0.05) is 47.6 Å². The molecule has 2 aromatic carbocycles. The molecule has 0 atom stereocenters. The van der Waals surface area contributed by atoms with Gasteiger partial charge >= 0.3 is 5.56 Å². The van der Waals surface area contributed by atoms with E-state index < -0.39 is 0 Å². The first kappa shape index (κ1) is 21.1. The Hall–Kier alpha value is -3.10. The Kier molecular flexibility index (Phi) is 6.11. The summed E-state index contributed by atoms with van der Waals surface area (Å²) in [6, 6.07) is 13.2. The van der Waals surface area contributed by atoms with Crippen molar-refractivity contribution in [1.29, 1.82) is 0 Å². The Labute approximate surface area is 188 Å². The highest BCUT2D eigenvalue weighted by Gasteiger charge is 2.14. The van der Waals surface area contributed by atoms with Crippen LogP contribution in [0.15, 0.2) is 64.8 Å². The number of nitrogens with zero attached hydrogens (tertiary/aromatic N) is 4. The molecule has 4 rings (SSSR count). The summed E-state index contributed by atoms with van der Waals surface area (Å²) in [6.45, 7) is 4.38. The molecule has 4 aromatic rings. The van der Waals surface area contributed by atoms with E-state index in [9.17, 15) is 9.59 Å². The van der Waals surface area contributed by atoms with Crippen molar-refractivity contribution < 1.29 is 4.79 Å². The van der Waals surface area contributed by atoms with Crippen LogP contribution in [0.1, 0.15) is 16.7 Å². The lowest BCUT2D eigenvalue weighted by Gasteiger charge is -2.09. The van der Waals surface area contributed by atoms with Crippen LogP contribution in [0.3, 0.4) is 0 Å². The molecule has 0 saturated heterocycles. The number of carbonyl (C=O) groups excluding carboxylic acids is 1. The quantitative estimate of drug-likeness (QED) is 0.451. The minimum Gasteiger partial charge on any atom is -0.351 e. The van der Waals surface area contributed by atoms with Crippen LogP contribution in [0.2, 0.25) is 5.02 Å². The van der Waals surface area contributed by atoms with Crippen LogP contribution in [0.25, 0.3) is 11.3 Å². The number of aromatic nitrogens is 4. The highest BCUT2D eigenvalue weighted by Crippen LogP contribution is 2.18. The normalized spacial score (nSPS) is 11.1. The van der Waals surface area contributed by atoms with E-state index >= 15 is 0 Å². The summed E-state index contributed by atoms with van der Waals surface area (Å²) in [6.07, 6.45) is 3.42. The third-order valence-electron chi connectivity index (χ3n) is 4.97. The maximum atomic E-state index is 12.9. The molecule has 0 unspecified atom stereocenters. The van der Waals surface area contributed by atoms with Gasteiger partial charge in [-0.15, -0.1) is 10.2 Å². The van der Waals surface area contributed by atoms with Gasteiger partial charge in [0.25, 0.3) is 0 Å². The Morgan fingerprint density at radius 3 is 2.68 bits per heavy atom. The summed E-state index contributed by atoms with van der Waals surface area (Å²) in [5.41, 5.74) is 3.82. The number of thioether (sulfide) groups is 1. The molecule has 0 spiro atoms. The van der Waals surface area contributed by atoms with Crippen molar-refractivity contribution in [3.05, 3.63) is 86.9 Å². The zero-order chi connectivity index (χ0) is 22.0. The monoisotopic (exact) mass is 453 g/mol. The molecular formula is C22H20ClN5O2S. The Morgan fingerprint density at radius 2 is 1.90 bits per heavy atom. The maximum Gasteiger partial charge on any atom is 0.300 e. The number of rotatable bonds is 6. The van der Waals surface area contributed by atoms with E-state index in [1.165, 1.54) is 11.8 Å². The van der Waals surface area contributed by atoms with E-state index in [0.717, 1.165) is 22.4 Å². The lowest BCUT2D eigenvalue weighted by Crippen LogP contribution is -2.24. The van der Waals surface area contributed by atoms with Crippen molar-refractivity contribution in [1.82, 2.24) is 24.5 Å². The van der Waals surface area contributed by atoms with Crippen LogP contribution >= 0.6 is 23.4 Å². The molecule has 0 bridgehead atoms. The number of hydrogen-bond acceptors (Lipinski definition) is 5. The van der Waals surface area contributed by atoms with Crippen molar-refractivity contribution in [3.8, 4) is 5.69 Å². The fraction of sp³-hybridized carbons (Fsp3) is 0.182. The molecule has 158 valence electrons. The second-order valence-corrected chi connectivity index (χ2v) is 8.42. The van der Waals surface area contributed by atoms with Gasteiger partial charge in [0, 0.05) is 29.6 Å². The van der Waals surface area contributed by atoms with Gasteiger partial charge in [0.05, 0.1) is 5.75 Å². The number of amides is 1. The summed E-state index contributed by atoms with van der Waals surface area (Å²) in [4.78, 5) is 25.1. The van der Waals surface area contributed by atoms with Crippen LogP contribution in [0, 0.1) is 13.8 Å². The predicted molar refractivity (Wildman–Crippen MR) is 122 cm³/mol. The van der Waals surface area contributed by atoms with Crippen LogP contribution in [0.4, 0.5) is 0 Å². The average molecular weight is 454 g/mol. The number of fused-ring (bicyclic) bond motifs is 1.